The molecule has 3 nitrogen and oxygen atoms in total. The molecule has 1 N–H and O–H groups in total. The number of hydrogen-bond donors (Lipinski definition) is 1. The quantitative estimate of drug-likeness (QED) is 0.700. The van der Waals surface area contributed by atoms with Crippen molar-refractivity contribution in [3.63, 3.8) is 0 Å². The van der Waals surface area contributed by atoms with Gasteiger partial charge in [0, 0.05) is 48.6 Å². The molecule has 0 amide bonds. The Labute approximate surface area is 95.4 Å². The fraction of sp³-hybridized carbons (Fsp3) is 1.00. The largest absolute Gasteiger partial charge is 0.381 e. The van der Waals surface area contributed by atoms with Crippen molar-refractivity contribution in [2.45, 2.75) is 26.7 Å². The summed E-state index contributed by atoms with van der Waals surface area (Å²) in [5.74, 6) is 1.55. The van der Waals surface area contributed by atoms with Crippen LogP contribution in [0.1, 0.15) is 26.7 Å². The van der Waals surface area contributed by atoms with E-state index in [-0.39, 0.29) is 0 Å². The van der Waals surface area contributed by atoms with Crippen LogP contribution in [0.2, 0.25) is 0 Å². The number of ether oxygens (including phenoxy) is 1. The molecule has 1 aliphatic heterocycles. The molecular formula is C11H23NO2S. The lowest BCUT2D eigenvalue weighted by Crippen LogP contribution is -2.38. The molecule has 1 rings (SSSR count). The van der Waals surface area contributed by atoms with Gasteiger partial charge in [-0.05, 0) is 18.3 Å². The molecule has 15 heavy (non-hydrogen) atoms. The van der Waals surface area contributed by atoms with Crippen LogP contribution in [-0.4, -0.2) is 42.0 Å². The Hall–Kier alpha value is 0.0700. The van der Waals surface area contributed by atoms with Crippen LogP contribution in [0.3, 0.4) is 0 Å². The second kappa shape index (κ2) is 6.61. The van der Waals surface area contributed by atoms with Crippen molar-refractivity contribution in [2.75, 3.05) is 37.8 Å². The molecule has 4 heteroatoms. The van der Waals surface area contributed by atoms with Gasteiger partial charge in [0.15, 0.2) is 0 Å². The van der Waals surface area contributed by atoms with E-state index in [4.69, 9.17) is 4.74 Å². The molecule has 0 bridgehead atoms. The first-order valence-electron chi connectivity index (χ1n) is 5.80. The predicted molar refractivity (Wildman–Crippen MR) is 64.6 cm³/mol. The predicted octanol–water partition coefficient (Wildman–Crippen LogP) is 1.16. The number of rotatable bonds is 6. The third-order valence-corrected chi connectivity index (χ3v) is 4.38. The molecule has 1 fully saturated rings. The van der Waals surface area contributed by atoms with Gasteiger partial charge in [-0.2, -0.15) is 0 Å². The second-order valence-corrected chi connectivity index (χ2v) is 6.40. The SMILES string of the molecule is CCS(=O)CCNCC1(C)CCOCC1. The first kappa shape index (κ1) is 13.1. The summed E-state index contributed by atoms with van der Waals surface area (Å²) in [6.07, 6.45) is 2.27. The Morgan fingerprint density at radius 3 is 2.67 bits per heavy atom. The zero-order valence-corrected chi connectivity index (χ0v) is 10.7. The molecule has 0 radical (unpaired) electrons. The third-order valence-electron chi connectivity index (χ3n) is 3.08. The molecule has 0 aromatic heterocycles. The van der Waals surface area contributed by atoms with E-state index < -0.39 is 10.8 Å². The van der Waals surface area contributed by atoms with E-state index in [0.717, 1.165) is 50.7 Å². The van der Waals surface area contributed by atoms with Crippen molar-refractivity contribution in [1.29, 1.82) is 0 Å². The van der Waals surface area contributed by atoms with E-state index in [1.165, 1.54) is 0 Å². The molecule has 0 saturated carbocycles. The summed E-state index contributed by atoms with van der Waals surface area (Å²) >= 11 is 0. The van der Waals surface area contributed by atoms with Gasteiger partial charge in [0.05, 0.1) is 0 Å². The highest BCUT2D eigenvalue weighted by atomic mass is 32.2. The summed E-state index contributed by atoms with van der Waals surface area (Å²) in [4.78, 5) is 0. The first-order valence-corrected chi connectivity index (χ1v) is 7.28. The van der Waals surface area contributed by atoms with Crippen LogP contribution in [-0.2, 0) is 15.5 Å². The highest BCUT2D eigenvalue weighted by Crippen LogP contribution is 2.28. The highest BCUT2D eigenvalue weighted by molar-refractivity contribution is 7.84. The van der Waals surface area contributed by atoms with Gasteiger partial charge in [0.25, 0.3) is 0 Å². The lowest BCUT2D eigenvalue weighted by molar-refractivity contribution is 0.0244. The second-order valence-electron chi connectivity index (χ2n) is 4.53. The van der Waals surface area contributed by atoms with Crippen molar-refractivity contribution in [3.8, 4) is 0 Å². The van der Waals surface area contributed by atoms with Gasteiger partial charge < -0.3 is 10.1 Å². The molecule has 0 spiro atoms. The number of nitrogens with one attached hydrogen (secondary N) is 1. The van der Waals surface area contributed by atoms with E-state index in [2.05, 4.69) is 12.2 Å². The standard InChI is InChI=1S/C11H23NO2S/c1-3-15(13)9-6-12-10-11(2)4-7-14-8-5-11/h12H,3-10H2,1-2H3. The Morgan fingerprint density at radius 1 is 1.40 bits per heavy atom. The molecule has 1 heterocycles. The van der Waals surface area contributed by atoms with Crippen LogP contribution in [0.15, 0.2) is 0 Å². The van der Waals surface area contributed by atoms with Gasteiger partial charge in [0.2, 0.25) is 0 Å². The Morgan fingerprint density at radius 2 is 2.07 bits per heavy atom. The van der Waals surface area contributed by atoms with Crippen LogP contribution in [0.5, 0.6) is 0 Å². The fourth-order valence-electron chi connectivity index (χ4n) is 1.76. The maximum Gasteiger partial charge on any atom is 0.0471 e. The van der Waals surface area contributed by atoms with Crippen LogP contribution in [0.25, 0.3) is 0 Å². The molecule has 0 aliphatic carbocycles. The van der Waals surface area contributed by atoms with Crippen molar-refractivity contribution in [3.05, 3.63) is 0 Å². The van der Waals surface area contributed by atoms with E-state index >= 15 is 0 Å². The Bertz CT molecular complexity index is 203. The minimum atomic E-state index is -0.634. The maximum atomic E-state index is 11.2. The normalized spacial score (nSPS) is 22.5. The summed E-state index contributed by atoms with van der Waals surface area (Å²) in [6.45, 7) is 7.95. The van der Waals surface area contributed by atoms with Gasteiger partial charge in [-0.25, -0.2) is 0 Å². The smallest absolute Gasteiger partial charge is 0.0471 e. The van der Waals surface area contributed by atoms with E-state index in [0.29, 0.717) is 5.41 Å². The van der Waals surface area contributed by atoms with Crippen LogP contribution < -0.4 is 5.32 Å². The topological polar surface area (TPSA) is 38.3 Å². The van der Waals surface area contributed by atoms with Gasteiger partial charge in [-0.3, -0.25) is 4.21 Å². The Balaban J connectivity index is 2.10. The van der Waals surface area contributed by atoms with Crippen molar-refractivity contribution < 1.29 is 8.95 Å². The molecule has 0 aromatic rings. The average Bonchev–Trinajstić information content (AvgIpc) is 2.25. The average molecular weight is 233 g/mol. The van der Waals surface area contributed by atoms with Crippen LogP contribution >= 0.6 is 0 Å². The molecule has 90 valence electrons. The van der Waals surface area contributed by atoms with Crippen molar-refractivity contribution in [2.24, 2.45) is 5.41 Å². The zero-order chi connectivity index (χ0) is 11.1. The highest BCUT2D eigenvalue weighted by Gasteiger charge is 2.26. The summed E-state index contributed by atoms with van der Waals surface area (Å²) in [5.41, 5.74) is 0.381. The first-order chi connectivity index (χ1) is 7.16. The summed E-state index contributed by atoms with van der Waals surface area (Å²) in [5, 5.41) is 3.41. The third kappa shape index (κ3) is 5.09. The molecule has 1 unspecified atom stereocenters. The van der Waals surface area contributed by atoms with Crippen LogP contribution in [0.4, 0.5) is 0 Å². The maximum absolute atomic E-state index is 11.2. The molecule has 1 atom stereocenters. The molecular weight excluding hydrogens is 210 g/mol. The summed E-state index contributed by atoms with van der Waals surface area (Å²) in [6, 6.07) is 0. The van der Waals surface area contributed by atoms with E-state index in [1.54, 1.807) is 0 Å². The van der Waals surface area contributed by atoms with E-state index in [9.17, 15) is 4.21 Å². The van der Waals surface area contributed by atoms with Crippen molar-refractivity contribution >= 4 is 10.8 Å². The minimum absolute atomic E-state index is 0.381. The molecule has 0 aromatic carbocycles. The summed E-state index contributed by atoms with van der Waals surface area (Å²) < 4.78 is 16.5. The zero-order valence-electron chi connectivity index (χ0n) is 9.88. The molecule has 1 saturated heterocycles. The van der Waals surface area contributed by atoms with Gasteiger partial charge >= 0.3 is 0 Å². The monoisotopic (exact) mass is 233 g/mol. The van der Waals surface area contributed by atoms with Crippen LogP contribution in [0, 0.1) is 5.41 Å². The number of hydrogen-bond acceptors (Lipinski definition) is 3. The lowest BCUT2D eigenvalue weighted by Gasteiger charge is -2.33. The van der Waals surface area contributed by atoms with Crippen molar-refractivity contribution in [1.82, 2.24) is 5.32 Å². The van der Waals surface area contributed by atoms with Gasteiger partial charge in [-0.1, -0.05) is 13.8 Å². The van der Waals surface area contributed by atoms with Gasteiger partial charge in [-0.15, -0.1) is 0 Å². The Kier molecular flexibility index (Phi) is 5.79. The lowest BCUT2D eigenvalue weighted by atomic mass is 9.82. The molecule has 1 aliphatic rings. The minimum Gasteiger partial charge on any atom is -0.381 e. The fourth-order valence-corrected chi connectivity index (χ4v) is 2.42. The van der Waals surface area contributed by atoms with Gasteiger partial charge in [0.1, 0.15) is 0 Å². The van der Waals surface area contributed by atoms with E-state index in [1.807, 2.05) is 6.92 Å². The summed E-state index contributed by atoms with van der Waals surface area (Å²) in [7, 11) is -0.634.